The number of esters is 2. The second-order valence-electron chi connectivity index (χ2n) is 4.47. The summed E-state index contributed by atoms with van der Waals surface area (Å²) in [6.45, 7) is 6.06. The molecular formula is C16H22O5. The Morgan fingerprint density at radius 1 is 0.952 bits per heavy atom. The van der Waals surface area contributed by atoms with Crippen molar-refractivity contribution in [3.05, 3.63) is 18.2 Å². The zero-order valence-electron chi connectivity index (χ0n) is 12.8. The van der Waals surface area contributed by atoms with Crippen LogP contribution in [0, 0.1) is 0 Å². The molecule has 0 aliphatic carbocycles. The van der Waals surface area contributed by atoms with Crippen molar-refractivity contribution >= 4 is 11.9 Å². The summed E-state index contributed by atoms with van der Waals surface area (Å²) in [7, 11) is 0. The Morgan fingerprint density at radius 3 is 2.14 bits per heavy atom. The number of unbranched alkanes of at least 4 members (excludes halogenated alkanes) is 1. The Hall–Kier alpha value is -2.04. The molecule has 0 aromatic heterocycles. The molecule has 0 fully saturated rings. The van der Waals surface area contributed by atoms with Crippen molar-refractivity contribution in [2.45, 2.75) is 46.5 Å². The van der Waals surface area contributed by atoms with Gasteiger partial charge in [0.2, 0.25) is 0 Å². The third-order valence-corrected chi connectivity index (χ3v) is 2.71. The summed E-state index contributed by atoms with van der Waals surface area (Å²) in [4.78, 5) is 22.8. The molecule has 0 saturated heterocycles. The highest BCUT2D eigenvalue weighted by Gasteiger charge is 2.13. The standard InChI is InChI=1S/C16H22O5/c1-4-7-10-19-12-8-9-13(20-15(17)5-2)14(11-12)21-16(18)6-3/h8-9,11H,4-7,10H2,1-3H3. The van der Waals surface area contributed by atoms with Gasteiger partial charge in [-0.05, 0) is 18.6 Å². The number of carbonyl (C=O) groups excluding carboxylic acids is 2. The van der Waals surface area contributed by atoms with E-state index in [0.717, 1.165) is 12.8 Å². The highest BCUT2D eigenvalue weighted by Crippen LogP contribution is 2.32. The molecule has 0 aliphatic heterocycles. The first-order valence-electron chi connectivity index (χ1n) is 7.28. The van der Waals surface area contributed by atoms with Crippen LogP contribution >= 0.6 is 0 Å². The molecule has 1 aromatic rings. The fraction of sp³-hybridized carbons (Fsp3) is 0.500. The summed E-state index contributed by atoms with van der Waals surface area (Å²) in [6, 6.07) is 4.84. The van der Waals surface area contributed by atoms with Gasteiger partial charge in [-0.2, -0.15) is 0 Å². The highest BCUT2D eigenvalue weighted by atomic mass is 16.6. The molecule has 0 heterocycles. The van der Waals surface area contributed by atoms with Crippen LogP contribution in [0.15, 0.2) is 18.2 Å². The average molecular weight is 294 g/mol. The van der Waals surface area contributed by atoms with Crippen LogP contribution in [0.25, 0.3) is 0 Å². The smallest absolute Gasteiger partial charge is 0.311 e. The summed E-state index contributed by atoms with van der Waals surface area (Å²) < 4.78 is 15.9. The lowest BCUT2D eigenvalue weighted by atomic mass is 10.3. The molecule has 21 heavy (non-hydrogen) atoms. The van der Waals surface area contributed by atoms with E-state index in [4.69, 9.17) is 14.2 Å². The van der Waals surface area contributed by atoms with Crippen molar-refractivity contribution in [3.8, 4) is 17.2 Å². The lowest BCUT2D eigenvalue weighted by Gasteiger charge is -2.12. The third-order valence-electron chi connectivity index (χ3n) is 2.71. The van der Waals surface area contributed by atoms with Crippen LogP contribution in [0.3, 0.4) is 0 Å². The quantitative estimate of drug-likeness (QED) is 0.417. The third kappa shape index (κ3) is 5.85. The van der Waals surface area contributed by atoms with Crippen molar-refractivity contribution in [1.82, 2.24) is 0 Å². The van der Waals surface area contributed by atoms with Crippen molar-refractivity contribution in [2.24, 2.45) is 0 Å². The molecule has 0 N–H and O–H groups in total. The summed E-state index contributed by atoms with van der Waals surface area (Å²) in [5, 5.41) is 0. The Morgan fingerprint density at radius 2 is 1.57 bits per heavy atom. The monoisotopic (exact) mass is 294 g/mol. The van der Waals surface area contributed by atoms with Crippen molar-refractivity contribution in [2.75, 3.05) is 6.61 Å². The molecule has 0 saturated carbocycles. The maximum atomic E-state index is 11.5. The molecule has 5 heteroatoms. The van der Waals surface area contributed by atoms with Crippen molar-refractivity contribution in [1.29, 1.82) is 0 Å². The summed E-state index contributed by atoms with van der Waals surface area (Å²) in [5.41, 5.74) is 0. The first-order valence-corrected chi connectivity index (χ1v) is 7.28. The predicted molar refractivity (Wildman–Crippen MR) is 78.7 cm³/mol. The minimum Gasteiger partial charge on any atom is -0.493 e. The van der Waals surface area contributed by atoms with E-state index in [1.54, 1.807) is 32.0 Å². The predicted octanol–water partition coefficient (Wildman–Crippen LogP) is 3.50. The molecule has 0 atom stereocenters. The SMILES string of the molecule is CCCCOc1ccc(OC(=O)CC)c(OC(=O)CC)c1. The van der Waals surface area contributed by atoms with Gasteiger partial charge < -0.3 is 14.2 Å². The molecule has 116 valence electrons. The largest absolute Gasteiger partial charge is 0.493 e. The molecule has 5 nitrogen and oxygen atoms in total. The summed E-state index contributed by atoms with van der Waals surface area (Å²) >= 11 is 0. The Kier molecular flexibility index (Phi) is 7.29. The van der Waals surface area contributed by atoms with Crippen LogP contribution in [0.2, 0.25) is 0 Å². The first kappa shape index (κ1) is 17.0. The van der Waals surface area contributed by atoms with Crippen LogP contribution in [0.4, 0.5) is 0 Å². The van der Waals surface area contributed by atoms with E-state index < -0.39 is 5.97 Å². The van der Waals surface area contributed by atoms with Crippen LogP contribution in [-0.4, -0.2) is 18.5 Å². The van der Waals surface area contributed by atoms with Gasteiger partial charge in [0.1, 0.15) is 5.75 Å². The Balaban J connectivity index is 2.90. The average Bonchev–Trinajstić information content (AvgIpc) is 2.49. The summed E-state index contributed by atoms with van der Waals surface area (Å²) in [5.74, 6) is 0.237. The van der Waals surface area contributed by atoms with Crippen LogP contribution < -0.4 is 14.2 Å². The fourth-order valence-electron chi connectivity index (χ4n) is 1.47. The minimum absolute atomic E-state index is 0.206. The van der Waals surface area contributed by atoms with Gasteiger partial charge >= 0.3 is 11.9 Å². The number of hydrogen-bond donors (Lipinski definition) is 0. The minimum atomic E-state index is -0.394. The maximum absolute atomic E-state index is 11.5. The fourth-order valence-corrected chi connectivity index (χ4v) is 1.47. The van der Waals surface area contributed by atoms with Gasteiger partial charge in [0.25, 0.3) is 0 Å². The molecule has 0 aliphatic rings. The van der Waals surface area contributed by atoms with E-state index in [9.17, 15) is 9.59 Å². The van der Waals surface area contributed by atoms with E-state index in [0.29, 0.717) is 12.4 Å². The molecular weight excluding hydrogens is 272 g/mol. The van der Waals surface area contributed by atoms with Crippen molar-refractivity contribution < 1.29 is 23.8 Å². The van der Waals surface area contributed by atoms with E-state index in [2.05, 4.69) is 6.92 Å². The van der Waals surface area contributed by atoms with E-state index in [1.807, 2.05) is 0 Å². The van der Waals surface area contributed by atoms with Gasteiger partial charge in [0.05, 0.1) is 6.61 Å². The summed E-state index contributed by atoms with van der Waals surface area (Å²) in [6.07, 6.45) is 2.46. The van der Waals surface area contributed by atoms with E-state index in [1.165, 1.54) is 0 Å². The van der Waals surface area contributed by atoms with Gasteiger partial charge in [-0.3, -0.25) is 9.59 Å². The molecule has 0 amide bonds. The Bertz CT molecular complexity index is 482. The molecule has 1 rings (SSSR count). The maximum Gasteiger partial charge on any atom is 0.311 e. The Labute approximate surface area is 125 Å². The highest BCUT2D eigenvalue weighted by molar-refractivity contribution is 5.76. The second-order valence-corrected chi connectivity index (χ2v) is 4.47. The van der Waals surface area contributed by atoms with E-state index in [-0.39, 0.29) is 30.3 Å². The van der Waals surface area contributed by atoms with Crippen LogP contribution in [-0.2, 0) is 9.59 Å². The zero-order valence-corrected chi connectivity index (χ0v) is 12.8. The number of hydrogen-bond acceptors (Lipinski definition) is 5. The van der Waals surface area contributed by atoms with E-state index >= 15 is 0 Å². The van der Waals surface area contributed by atoms with Gasteiger partial charge in [0, 0.05) is 18.9 Å². The molecule has 1 aromatic carbocycles. The second kappa shape index (κ2) is 9.00. The lowest BCUT2D eigenvalue weighted by molar-refractivity contribution is -0.136. The first-order chi connectivity index (χ1) is 10.1. The number of rotatable bonds is 8. The topological polar surface area (TPSA) is 61.8 Å². The molecule has 0 radical (unpaired) electrons. The lowest BCUT2D eigenvalue weighted by Crippen LogP contribution is -2.10. The number of ether oxygens (including phenoxy) is 3. The van der Waals surface area contributed by atoms with Gasteiger partial charge in [0.15, 0.2) is 11.5 Å². The number of carbonyl (C=O) groups is 2. The normalized spacial score (nSPS) is 10.0. The van der Waals surface area contributed by atoms with Crippen LogP contribution in [0.5, 0.6) is 17.2 Å². The number of benzene rings is 1. The van der Waals surface area contributed by atoms with Gasteiger partial charge in [-0.25, -0.2) is 0 Å². The van der Waals surface area contributed by atoms with Gasteiger partial charge in [-0.1, -0.05) is 27.2 Å². The zero-order chi connectivity index (χ0) is 15.7. The van der Waals surface area contributed by atoms with Crippen LogP contribution in [0.1, 0.15) is 46.5 Å². The molecule has 0 unspecified atom stereocenters. The molecule has 0 spiro atoms. The van der Waals surface area contributed by atoms with Gasteiger partial charge in [-0.15, -0.1) is 0 Å². The molecule has 0 bridgehead atoms. The van der Waals surface area contributed by atoms with Crippen molar-refractivity contribution in [3.63, 3.8) is 0 Å².